The molecule has 0 saturated carbocycles. The highest BCUT2D eigenvalue weighted by atomic mass is 16.6. The highest BCUT2D eigenvalue weighted by molar-refractivity contribution is 6.38. The third kappa shape index (κ3) is 6.82. The number of ketones is 2. The van der Waals surface area contributed by atoms with Gasteiger partial charge in [0.2, 0.25) is 11.6 Å². The van der Waals surface area contributed by atoms with Crippen molar-refractivity contribution in [3.8, 4) is 11.5 Å². The number of aliphatic hydroxyl groups is 1. The van der Waals surface area contributed by atoms with Crippen molar-refractivity contribution in [2.75, 3.05) is 39.5 Å². The summed E-state index contributed by atoms with van der Waals surface area (Å²) in [6, 6.07) is 3.01. The number of epoxide rings is 1. The van der Waals surface area contributed by atoms with Gasteiger partial charge in [-0.3, -0.25) is 14.5 Å². The zero-order valence-corrected chi connectivity index (χ0v) is 20.6. The first-order chi connectivity index (χ1) is 17.3. The second-order valence-electron chi connectivity index (χ2n) is 9.67. The summed E-state index contributed by atoms with van der Waals surface area (Å²) in [6.45, 7) is 6.49. The third-order valence-corrected chi connectivity index (χ3v) is 6.82. The van der Waals surface area contributed by atoms with Crippen LogP contribution >= 0.6 is 0 Å². The van der Waals surface area contributed by atoms with Gasteiger partial charge in [-0.2, -0.15) is 0 Å². The number of unbranched alkanes of at least 4 members (excludes halogenated alkanes) is 1. The fraction of sp³-hybridized carbons (Fsp3) is 0.654. The number of fused-ring (bicyclic) bond motifs is 3. The Balaban J connectivity index is 1.45. The van der Waals surface area contributed by atoms with Crippen LogP contribution in [0.3, 0.4) is 0 Å². The van der Waals surface area contributed by atoms with Crippen LogP contribution in [-0.4, -0.2) is 90.4 Å². The average Bonchev–Trinajstić information content (AvgIpc) is 3.61. The van der Waals surface area contributed by atoms with Crippen molar-refractivity contribution in [3.05, 3.63) is 23.3 Å². The molecule has 3 aliphatic rings. The number of phenols is 1. The van der Waals surface area contributed by atoms with Crippen LogP contribution in [0, 0.1) is 0 Å². The van der Waals surface area contributed by atoms with Gasteiger partial charge in [-0.1, -0.05) is 0 Å². The number of Topliss-reactive ketones (excluding diaryl/α,β-unsaturated/α-hetero) is 2. The largest absolute Gasteiger partial charge is 0.507 e. The second-order valence-corrected chi connectivity index (χ2v) is 9.67. The van der Waals surface area contributed by atoms with Crippen LogP contribution < -0.4 is 4.74 Å². The molecule has 0 amide bonds. The zero-order chi connectivity index (χ0) is 25.7. The molecule has 2 N–H and O–H groups in total. The molecule has 10 heteroatoms. The highest BCUT2D eigenvalue weighted by Crippen LogP contribution is 2.46. The van der Waals surface area contributed by atoms with Gasteiger partial charge < -0.3 is 29.2 Å². The second kappa shape index (κ2) is 12.1. The van der Waals surface area contributed by atoms with Crippen molar-refractivity contribution in [1.29, 1.82) is 0 Å². The number of carbonyl (C=O) groups is 3. The van der Waals surface area contributed by atoms with Crippen molar-refractivity contribution in [3.63, 3.8) is 0 Å². The smallest absolute Gasteiger partial charge is 0.342 e. The summed E-state index contributed by atoms with van der Waals surface area (Å²) in [7, 11) is 0. The fourth-order valence-corrected chi connectivity index (χ4v) is 4.68. The number of esters is 1. The van der Waals surface area contributed by atoms with E-state index in [0.29, 0.717) is 30.8 Å². The number of hydrogen-bond donors (Lipinski definition) is 2. The Morgan fingerprint density at radius 3 is 2.67 bits per heavy atom. The molecule has 0 radical (unpaired) electrons. The van der Waals surface area contributed by atoms with E-state index in [4.69, 9.17) is 18.9 Å². The summed E-state index contributed by atoms with van der Waals surface area (Å²) in [6.07, 6.45) is -0.728. The number of carbonyl (C=O) groups excluding carboxylic acids is 3. The molecule has 0 bridgehead atoms. The van der Waals surface area contributed by atoms with E-state index in [9.17, 15) is 24.6 Å². The van der Waals surface area contributed by atoms with Crippen molar-refractivity contribution >= 4 is 17.5 Å². The first-order valence-electron chi connectivity index (χ1n) is 12.7. The summed E-state index contributed by atoms with van der Waals surface area (Å²) >= 11 is 0. The standard InChI is InChI=1S/C26H35NO9/c1-16-5-4-6-19(28)24(31)21(30)15-22-25(36-22)18-13-17(14-20(29)23(18)26(32)35-16)34-10-3-2-7-27-8-11-33-12-9-27/h13-14,16,19,22,25,28-29H,2-12,15H2,1H3/t16-,19?,22+,25+/m0/s1. The maximum absolute atomic E-state index is 12.9. The summed E-state index contributed by atoms with van der Waals surface area (Å²) in [4.78, 5) is 39.9. The van der Waals surface area contributed by atoms with E-state index >= 15 is 0 Å². The number of ether oxygens (including phenoxy) is 4. The molecule has 1 aromatic rings. The molecular weight excluding hydrogens is 470 g/mol. The predicted octanol–water partition coefficient (Wildman–Crippen LogP) is 1.94. The number of aliphatic hydroxyl groups excluding tert-OH is 1. The first-order valence-corrected chi connectivity index (χ1v) is 12.7. The van der Waals surface area contributed by atoms with E-state index in [1.807, 2.05) is 0 Å². The first kappa shape index (κ1) is 26.5. The molecule has 1 unspecified atom stereocenters. The van der Waals surface area contributed by atoms with E-state index in [-0.39, 0.29) is 24.2 Å². The van der Waals surface area contributed by atoms with Crippen LogP contribution in [0.4, 0.5) is 0 Å². The average molecular weight is 506 g/mol. The Bertz CT molecular complexity index is 959. The lowest BCUT2D eigenvalue weighted by atomic mass is 9.96. The lowest BCUT2D eigenvalue weighted by molar-refractivity contribution is -0.142. The molecule has 4 rings (SSSR count). The number of nitrogens with zero attached hydrogens (tertiary/aromatic N) is 1. The topological polar surface area (TPSA) is 135 Å². The highest BCUT2D eigenvalue weighted by Gasteiger charge is 2.46. The Morgan fingerprint density at radius 2 is 1.89 bits per heavy atom. The molecule has 36 heavy (non-hydrogen) atoms. The van der Waals surface area contributed by atoms with E-state index < -0.39 is 42.0 Å². The Hall–Kier alpha value is -2.53. The SMILES string of the molecule is C[C@H]1CCCC(O)C(=O)C(=O)C[C@H]2O[C@@H]2c2cc(OCCCCN3CCOCC3)cc(O)c2C(=O)O1. The van der Waals surface area contributed by atoms with Crippen LogP contribution in [0.5, 0.6) is 11.5 Å². The van der Waals surface area contributed by atoms with Crippen molar-refractivity contribution in [2.24, 2.45) is 0 Å². The van der Waals surface area contributed by atoms with Crippen LogP contribution in [0.2, 0.25) is 0 Å². The van der Waals surface area contributed by atoms with Gasteiger partial charge in [0.15, 0.2) is 0 Å². The number of aromatic hydroxyl groups is 1. The van der Waals surface area contributed by atoms with Gasteiger partial charge in [-0.05, 0) is 51.6 Å². The minimum Gasteiger partial charge on any atom is -0.507 e. The minimum atomic E-state index is -1.37. The van der Waals surface area contributed by atoms with Crippen molar-refractivity contribution in [1.82, 2.24) is 4.90 Å². The van der Waals surface area contributed by atoms with Gasteiger partial charge in [0, 0.05) is 31.1 Å². The van der Waals surface area contributed by atoms with E-state index in [2.05, 4.69) is 4.90 Å². The van der Waals surface area contributed by atoms with Gasteiger partial charge in [0.05, 0.1) is 32.0 Å². The third-order valence-electron chi connectivity index (χ3n) is 6.82. The lowest BCUT2D eigenvalue weighted by Crippen LogP contribution is -2.36. The molecule has 1 aromatic carbocycles. The Kier molecular flexibility index (Phi) is 8.95. The summed E-state index contributed by atoms with van der Waals surface area (Å²) in [5.74, 6) is -2.13. The molecule has 0 spiro atoms. The minimum absolute atomic E-state index is 0.0233. The van der Waals surface area contributed by atoms with Crippen LogP contribution in [0.15, 0.2) is 12.1 Å². The van der Waals surface area contributed by atoms with Gasteiger partial charge in [0.1, 0.15) is 29.3 Å². The van der Waals surface area contributed by atoms with E-state index in [1.54, 1.807) is 13.0 Å². The Morgan fingerprint density at radius 1 is 1.11 bits per heavy atom. The van der Waals surface area contributed by atoms with Gasteiger partial charge in [-0.25, -0.2) is 4.79 Å². The molecule has 4 atom stereocenters. The normalized spacial score (nSPS) is 28.0. The summed E-state index contributed by atoms with van der Waals surface area (Å²) in [5, 5.41) is 20.8. The molecule has 2 saturated heterocycles. The molecule has 3 aliphatic heterocycles. The van der Waals surface area contributed by atoms with Gasteiger partial charge in [-0.15, -0.1) is 0 Å². The van der Waals surface area contributed by atoms with Crippen molar-refractivity contribution < 1.29 is 43.5 Å². The van der Waals surface area contributed by atoms with Gasteiger partial charge >= 0.3 is 5.97 Å². The predicted molar refractivity (Wildman–Crippen MR) is 127 cm³/mol. The van der Waals surface area contributed by atoms with E-state index in [1.165, 1.54) is 6.07 Å². The molecule has 0 aliphatic carbocycles. The maximum Gasteiger partial charge on any atom is 0.342 e. The summed E-state index contributed by atoms with van der Waals surface area (Å²) in [5.41, 5.74) is 0.336. The number of hydrogen-bond acceptors (Lipinski definition) is 10. The number of morpholine rings is 1. The lowest BCUT2D eigenvalue weighted by Gasteiger charge is -2.26. The summed E-state index contributed by atoms with van der Waals surface area (Å²) < 4.78 is 22.4. The quantitative estimate of drug-likeness (QED) is 0.256. The molecule has 0 aromatic heterocycles. The molecule has 198 valence electrons. The molecule has 10 nitrogen and oxygen atoms in total. The van der Waals surface area contributed by atoms with Gasteiger partial charge in [0.25, 0.3) is 0 Å². The number of rotatable bonds is 6. The van der Waals surface area contributed by atoms with Crippen LogP contribution in [0.1, 0.15) is 67.5 Å². The monoisotopic (exact) mass is 505 g/mol. The fourth-order valence-electron chi connectivity index (χ4n) is 4.68. The zero-order valence-electron chi connectivity index (χ0n) is 20.6. The maximum atomic E-state index is 12.9. The molecular formula is C26H35NO9. The van der Waals surface area contributed by atoms with E-state index in [0.717, 1.165) is 45.7 Å². The number of benzene rings is 1. The Labute approximate surface area is 210 Å². The van der Waals surface area contributed by atoms with Crippen LogP contribution in [-0.2, 0) is 23.8 Å². The van der Waals surface area contributed by atoms with Crippen molar-refractivity contribution in [2.45, 2.75) is 69.9 Å². The molecule has 2 fully saturated rings. The number of phenolic OH excluding ortho intramolecular Hbond substituents is 1. The number of cyclic esters (lactones) is 1. The molecule has 3 heterocycles. The van der Waals surface area contributed by atoms with Crippen LogP contribution in [0.25, 0.3) is 0 Å².